The maximum atomic E-state index is 12.4. The van der Waals surface area contributed by atoms with E-state index < -0.39 is 0 Å². The van der Waals surface area contributed by atoms with Gasteiger partial charge in [0.25, 0.3) is 5.91 Å². The van der Waals surface area contributed by atoms with E-state index in [4.69, 9.17) is 9.47 Å². The molecule has 0 aliphatic rings. The minimum Gasteiger partial charge on any atom is -0.483 e. The lowest BCUT2D eigenvalue weighted by Gasteiger charge is -2.28. The van der Waals surface area contributed by atoms with E-state index in [0.29, 0.717) is 12.3 Å². The molecule has 0 aromatic heterocycles. The highest BCUT2D eigenvalue weighted by Gasteiger charge is 2.24. The third-order valence-electron chi connectivity index (χ3n) is 3.71. The zero-order valence-corrected chi connectivity index (χ0v) is 14.9. The van der Waals surface area contributed by atoms with Crippen molar-refractivity contribution in [2.75, 3.05) is 20.3 Å². The minimum absolute atomic E-state index is 0.0168. The summed E-state index contributed by atoms with van der Waals surface area (Å²) < 4.78 is 10.4. The molecule has 1 rings (SSSR count). The fraction of sp³-hybridized carbons (Fsp3) is 0.556. The molecule has 0 fully saturated rings. The smallest absolute Gasteiger partial charge is 0.310 e. The van der Waals surface area contributed by atoms with Crippen LogP contribution in [-0.2, 0) is 14.3 Å². The van der Waals surface area contributed by atoms with Crippen LogP contribution in [0.25, 0.3) is 0 Å². The molecular weight excluding hydrogens is 294 g/mol. The number of ether oxygens (including phenoxy) is 2. The molecule has 0 saturated heterocycles. The Morgan fingerprint density at radius 2 is 1.83 bits per heavy atom. The van der Waals surface area contributed by atoms with Crippen molar-refractivity contribution in [1.82, 2.24) is 4.90 Å². The van der Waals surface area contributed by atoms with Gasteiger partial charge in [0.1, 0.15) is 5.75 Å². The summed E-state index contributed by atoms with van der Waals surface area (Å²) in [6.45, 7) is 9.78. The van der Waals surface area contributed by atoms with Crippen LogP contribution in [0.3, 0.4) is 0 Å². The maximum absolute atomic E-state index is 12.4. The number of amides is 1. The average molecular weight is 321 g/mol. The molecule has 0 bridgehead atoms. The molecular formula is C18H27NO4. The molecule has 0 aliphatic heterocycles. The van der Waals surface area contributed by atoms with Crippen LogP contribution in [0.4, 0.5) is 0 Å². The Morgan fingerprint density at radius 1 is 1.17 bits per heavy atom. The number of esters is 1. The van der Waals surface area contributed by atoms with Crippen LogP contribution in [0.15, 0.2) is 18.2 Å². The molecule has 128 valence electrons. The fourth-order valence-corrected chi connectivity index (χ4v) is 2.26. The molecule has 0 N–H and O–H groups in total. The van der Waals surface area contributed by atoms with E-state index in [-0.39, 0.29) is 30.4 Å². The van der Waals surface area contributed by atoms with Crippen molar-refractivity contribution >= 4 is 11.9 Å². The van der Waals surface area contributed by atoms with Gasteiger partial charge < -0.3 is 14.4 Å². The van der Waals surface area contributed by atoms with E-state index >= 15 is 0 Å². The van der Waals surface area contributed by atoms with Gasteiger partial charge in [-0.05, 0) is 44.9 Å². The highest BCUT2D eigenvalue weighted by atomic mass is 16.5. The van der Waals surface area contributed by atoms with Gasteiger partial charge in [-0.3, -0.25) is 9.59 Å². The maximum Gasteiger partial charge on any atom is 0.310 e. The Bertz CT molecular complexity index is 554. The third kappa shape index (κ3) is 5.58. The largest absolute Gasteiger partial charge is 0.483 e. The van der Waals surface area contributed by atoms with Crippen LogP contribution >= 0.6 is 0 Å². The third-order valence-corrected chi connectivity index (χ3v) is 3.71. The monoisotopic (exact) mass is 321 g/mol. The number of methoxy groups -OCH3 is 1. The van der Waals surface area contributed by atoms with Gasteiger partial charge in [0.15, 0.2) is 6.61 Å². The van der Waals surface area contributed by atoms with Gasteiger partial charge in [0, 0.05) is 12.6 Å². The topological polar surface area (TPSA) is 55.8 Å². The lowest BCUT2D eigenvalue weighted by molar-refractivity contribution is -0.147. The van der Waals surface area contributed by atoms with E-state index in [0.717, 1.165) is 11.1 Å². The molecule has 5 nitrogen and oxygen atoms in total. The molecule has 1 aromatic carbocycles. The van der Waals surface area contributed by atoms with Crippen LogP contribution < -0.4 is 4.74 Å². The highest BCUT2D eigenvalue weighted by molar-refractivity contribution is 5.79. The van der Waals surface area contributed by atoms with Crippen LogP contribution in [0, 0.1) is 19.8 Å². The van der Waals surface area contributed by atoms with Gasteiger partial charge in [-0.25, -0.2) is 0 Å². The van der Waals surface area contributed by atoms with Crippen LogP contribution in [0.5, 0.6) is 5.75 Å². The number of carbonyl (C=O) groups excluding carboxylic acids is 2. The molecule has 1 atom stereocenters. The van der Waals surface area contributed by atoms with Crippen molar-refractivity contribution in [1.29, 1.82) is 0 Å². The molecule has 1 amide bonds. The van der Waals surface area contributed by atoms with Crippen LogP contribution in [0.1, 0.15) is 31.9 Å². The lowest BCUT2D eigenvalue weighted by atomic mass is 10.1. The van der Waals surface area contributed by atoms with Crippen molar-refractivity contribution in [3.8, 4) is 5.75 Å². The summed E-state index contributed by atoms with van der Waals surface area (Å²) in [5.41, 5.74) is 2.07. The van der Waals surface area contributed by atoms with Crippen LogP contribution in [0.2, 0.25) is 0 Å². The average Bonchev–Trinajstić information content (AvgIpc) is 2.51. The second kappa shape index (κ2) is 8.56. The van der Waals surface area contributed by atoms with Gasteiger partial charge in [-0.1, -0.05) is 19.1 Å². The first-order valence-electron chi connectivity index (χ1n) is 7.83. The van der Waals surface area contributed by atoms with Crippen molar-refractivity contribution in [3.63, 3.8) is 0 Å². The quantitative estimate of drug-likeness (QED) is 0.725. The number of nitrogens with zero attached hydrogens (tertiary/aromatic N) is 1. The molecule has 0 saturated carbocycles. The summed E-state index contributed by atoms with van der Waals surface area (Å²) in [4.78, 5) is 25.7. The summed E-state index contributed by atoms with van der Waals surface area (Å²) in [5, 5.41) is 0. The standard InChI is InChI=1S/C18H27NO4/c1-12(2)19(10-15(5)18(21)22-6)17(20)11-23-16-9-13(3)7-8-14(16)4/h7-9,12,15H,10-11H2,1-6H3. The SMILES string of the molecule is COC(=O)C(C)CN(C(=O)COc1cc(C)ccc1C)C(C)C. The van der Waals surface area contributed by atoms with Gasteiger partial charge in [0.2, 0.25) is 0 Å². The number of rotatable bonds is 7. The Morgan fingerprint density at radius 3 is 2.39 bits per heavy atom. The fourth-order valence-electron chi connectivity index (χ4n) is 2.26. The molecule has 0 heterocycles. The van der Waals surface area contributed by atoms with E-state index in [1.165, 1.54) is 7.11 Å². The Balaban J connectivity index is 2.71. The summed E-state index contributed by atoms with van der Waals surface area (Å²) in [6, 6.07) is 5.87. The summed E-state index contributed by atoms with van der Waals surface area (Å²) in [5.74, 6) is -0.120. The molecule has 0 radical (unpaired) electrons. The van der Waals surface area contributed by atoms with Crippen molar-refractivity contribution in [3.05, 3.63) is 29.3 Å². The normalized spacial score (nSPS) is 12.0. The van der Waals surface area contributed by atoms with Crippen LogP contribution in [-0.4, -0.2) is 43.1 Å². The second-order valence-corrected chi connectivity index (χ2v) is 6.12. The summed E-state index contributed by atoms with van der Waals surface area (Å²) in [7, 11) is 1.35. The predicted octanol–water partition coefficient (Wildman–Crippen LogP) is 2.73. The van der Waals surface area contributed by atoms with E-state index in [1.807, 2.05) is 45.9 Å². The summed E-state index contributed by atoms with van der Waals surface area (Å²) in [6.07, 6.45) is 0. The molecule has 23 heavy (non-hydrogen) atoms. The van der Waals surface area contributed by atoms with Gasteiger partial charge in [-0.2, -0.15) is 0 Å². The minimum atomic E-state index is -0.368. The van der Waals surface area contributed by atoms with E-state index in [2.05, 4.69) is 0 Å². The first-order valence-corrected chi connectivity index (χ1v) is 7.83. The first kappa shape index (κ1) is 19.0. The number of carbonyl (C=O) groups is 2. The van der Waals surface area contributed by atoms with E-state index in [1.54, 1.807) is 11.8 Å². The highest BCUT2D eigenvalue weighted by Crippen LogP contribution is 2.19. The first-order chi connectivity index (χ1) is 10.8. The van der Waals surface area contributed by atoms with Gasteiger partial charge >= 0.3 is 5.97 Å². The number of hydrogen-bond donors (Lipinski definition) is 0. The second-order valence-electron chi connectivity index (χ2n) is 6.12. The number of benzene rings is 1. The molecule has 1 unspecified atom stereocenters. The number of aryl methyl sites for hydroxylation is 2. The molecule has 0 aliphatic carbocycles. The Hall–Kier alpha value is -2.04. The molecule has 1 aromatic rings. The Kier molecular flexibility index (Phi) is 7.07. The summed E-state index contributed by atoms with van der Waals surface area (Å²) >= 11 is 0. The van der Waals surface area contributed by atoms with Crippen molar-refractivity contribution in [2.24, 2.45) is 5.92 Å². The van der Waals surface area contributed by atoms with Gasteiger partial charge in [-0.15, -0.1) is 0 Å². The van der Waals surface area contributed by atoms with Crippen molar-refractivity contribution in [2.45, 2.75) is 40.7 Å². The zero-order valence-electron chi connectivity index (χ0n) is 14.9. The lowest BCUT2D eigenvalue weighted by Crippen LogP contribution is -2.44. The zero-order chi connectivity index (χ0) is 17.6. The molecule has 0 spiro atoms. The molecule has 5 heteroatoms. The Labute approximate surface area is 138 Å². The van der Waals surface area contributed by atoms with E-state index in [9.17, 15) is 9.59 Å². The van der Waals surface area contributed by atoms with Gasteiger partial charge in [0.05, 0.1) is 13.0 Å². The number of hydrogen-bond acceptors (Lipinski definition) is 4. The van der Waals surface area contributed by atoms with Crippen molar-refractivity contribution < 1.29 is 19.1 Å². The predicted molar refractivity (Wildman–Crippen MR) is 89.4 cm³/mol.